The van der Waals surface area contributed by atoms with E-state index >= 15 is 0 Å². The van der Waals surface area contributed by atoms with Crippen LogP contribution >= 0.6 is 11.6 Å². The Morgan fingerprint density at radius 2 is 2.17 bits per heavy atom. The molecule has 2 rings (SSSR count). The van der Waals surface area contributed by atoms with Crippen molar-refractivity contribution in [2.45, 2.75) is 0 Å². The summed E-state index contributed by atoms with van der Waals surface area (Å²) in [5, 5.41) is 0.512. The van der Waals surface area contributed by atoms with Crippen LogP contribution in [0.4, 0.5) is 11.4 Å². The van der Waals surface area contributed by atoms with Gasteiger partial charge in [-0.1, -0.05) is 11.6 Å². The number of amides is 1. The number of nitrogens with zero attached hydrogens (tertiary/aromatic N) is 3. The Kier molecular flexibility index (Phi) is 3.43. The molecule has 0 unspecified atom stereocenters. The maximum atomic E-state index is 12.1. The van der Waals surface area contributed by atoms with Crippen molar-refractivity contribution in [3.05, 3.63) is 47.5 Å². The lowest BCUT2D eigenvalue weighted by Gasteiger charge is -2.18. The van der Waals surface area contributed by atoms with Gasteiger partial charge in [-0.15, -0.1) is 0 Å². The molecule has 1 aromatic carbocycles. The fraction of sp³-hybridized carbons (Fsp3) is 0.0833. The molecule has 2 N–H and O–H groups in total. The van der Waals surface area contributed by atoms with Crippen molar-refractivity contribution in [3.8, 4) is 0 Å². The van der Waals surface area contributed by atoms with Gasteiger partial charge in [0.25, 0.3) is 5.91 Å². The highest BCUT2D eigenvalue weighted by molar-refractivity contribution is 6.31. The Balaban J connectivity index is 2.34. The first-order chi connectivity index (χ1) is 8.59. The van der Waals surface area contributed by atoms with Crippen molar-refractivity contribution in [2.75, 3.05) is 17.7 Å². The van der Waals surface area contributed by atoms with Gasteiger partial charge in [-0.2, -0.15) is 0 Å². The van der Waals surface area contributed by atoms with Crippen LogP contribution in [-0.2, 0) is 0 Å². The lowest BCUT2D eigenvalue weighted by Crippen LogP contribution is -2.27. The zero-order valence-corrected chi connectivity index (χ0v) is 10.4. The number of carbonyl (C=O) groups excluding carboxylic acids is 1. The van der Waals surface area contributed by atoms with Gasteiger partial charge in [0.1, 0.15) is 5.69 Å². The molecule has 0 aliphatic rings. The molecule has 0 fully saturated rings. The Morgan fingerprint density at radius 3 is 2.83 bits per heavy atom. The molecule has 1 amide bonds. The van der Waals surface area contributed by atoms with Crippen LogP contribution in [0, 0.1) is 0 Å². The van der Waals surface area contributed by atoms with Crippen molar-refractivity contribution in [1.29, 1.82) is 0 Å². The molecule has 92 valence electrons. The van der Waals surface area contributed by atoms with Crippen LogP contribution in [0.25, 0.3) is 0 Å². The van der Waals surface area contributed by atoms with Crippen LogP contribution in [0.5, 0.6) is 0 Å². The van der Waals surface area contributed by atoms with Gasteiger partial charge in [-0.3, -0.25) is 9.78 Å². The van der Waals surface area contributed by atoms with Crippen LogP contribution in [0.2, 0.25) is 5.02 Å². The summed E-state index contributed by atoms with van der Waals surface area (Å²) in [7, 11) is 1.61. The maximum Gasteiger partial charge on any atom is 0.278 e. The smallest absolute Gasteiger partial charge is 0.278 e. The summed E-state index contributed by atoms with van der Waals surface area (Å²) in [6, 6.07) is 4.95. The highest BCUT2D eigenvalue weighted by Crippen LogP contribution is 2.26. The molecule has 0 bridgehead atoms. The maximum absolute atomic E-state index is 12.1. The van der Waals surface area contributed by atoms with E-state index in [9.17, 15) is 4.79 Å². The Labute approximate surface area is 109 Å². The molecule has 1 heterocycles. The average molecular weight is 263 g/mol. The second kappa shape index (κ2) is 5.01. The van der Waals surface area contributed by atoms with E-state index in [-0.39, 0.29) is 11.6 Å². The minimum absolute atomic E-state index is 0.249. The molecule has 0 aliphatic heterocycles. The quantitative estimate of drug-likeness (QED) is 0.840. The normalized spacial score (nSPS) is 10.1. The Hall–Kier alpha value is -2.14. The van der Waals surface area contributed by atoms with E-state index in [1.165, 1.54) is 23.5 Å². The summed E-state index contributed by atoms with van der Waals surface area (Å²) in [5.41, 5.74) is 7.08. The van der Waals surface area contributed by atoms with Crippen molar-refractivity contribution in [2.24, 2.45) is 0 Å². The minimum atomic E-state index is -0.294. The largest absolute Gasteiger partial charge is 0.397 e. The summed E-state index contributed by atoms with van der Waals surface area (Å²) in [6.45, 7) is 0. The number of carbonyl (C=O) groups is 1. The number of hydrogen-bond donors (Lipinski definition) is 1. The van der Waals surface area contributed by atoms with E-state index in [4.69, 9.17) is 17.3 Å². The third-order valence-electron chi connectivity index (χ3n) is 2.44. The van der Waals surface area contributed by atoms with Gasteiger partial charge in [-0.05, 0) is 18.2 Å². The van der Waals surface area contributed by atoms with Crippen molar-refractivity contribution in [1.82, 2.24) is 9.97 Å². The summed E-state index contributed by atoms with van der Waals surface area (Å²) in [5.74, 6) is -0.294. The number of benzene rings is 1. The number of nitrogens with two attached hydrogens (primary N) is 1. The van der Waals surface area contributed by atoms with Gasteiger partial charge >= 0.3 is 0 Å². The van der Waals surface area contributed by atoms with Crippen LogP contribution in [0.15, 0.2) is 36.8 Å². The first kappa shape index (κ1) is 12.3. The van der Waals surface area contributed by atoms with Crippen molar-refractivity contribution in [3.63, 3.8) is 0 Å². The lowest BCUT2D eigenvalue weighted by atomic mass is 10.2. The van der Waals surface area contributed by atoms with E-state index < -0.39 is 0 Å². The van der Waals surface area contributed by atoms with Crippen LogP contribution in [0.1, 0.15) is 10.5 Å². The molecule has 0 saturated heterocycles. The summed E-state index contributed by atoms with van der Waals surface area (Å²) in [6.07, 6.45) is 4.37. The minimum Gasteiger partial charge on any atom is -0.397 e. The van der Waals surface area contributed by atoms with E-state index in [1.807, 2.05) is 0 Å². The third-order valence-corrected chi connectivity index (χ3v) is 2.68. The SMILES string of the molecule is CN(C(=O)c1cnccn1)c1cc(Cl)ccc1N. The Bertz CT molecular complexity index is 574. The second-order valence-electron chi connectivity index (χ2n) is 3.66. The molecule has 5 nitrogen and oxygen atoms in total. The van der Waals surface area contributed by atoms with Crippen LogP contribution in [-0.4, -0.2) is 22.9 Å². The number of halogens is 1. The zero-order valence-electron chi connectivity index (χ0n) is 9.67. The molecule has 18 heavy (non-hydrogen) atoms. The van der Waals surface area contributed by atoms with Crippen molar-refractivity contribution < 1.29 is 4.79 Å². The predicted octanol–water partition coefficient (Wildman–Crippen LogP) is 1.99. The van der Waals surface area contributed by atoms with Gasteiger partial charge in [0.05, 0.1) is 17.6 Å². The van der Waals surface area contributed by atoms with E-state index in [0.717, 1.165) is 0 Å². The molecule has 0 spiro atoms. The van der Waals surface area contributed by atoms with Crippen LogP contribution in [0.3, 0.4) is 0 Å². The van der Waals surface area contributed by atoms with Gasteiger partial charge in [0, 0.05) is 24.5 Å². The molecule has 0 radical (unpaired) electrons. The molecule has 0 saturated carbocycles. The van der Waals surface area contributed by atoms with Gasteiger partial charge in [-0.25, -0.2) is 4.98 Å². The fourth-order valence-corrected chi connectivity index (χ4v) is 1.66. The number of nitrogen functional groups attached to an aromatic ring is 1. The number of aromatic nitrogens is 2. The summed E-state index contributed by atoms with van der Waals surface area (Å²) >= 11 is 5.89. The van der Waals surface area contributed by atoms with E-state index in [2.05, 4.69) is 9.97 Å². The molecule has 0 aliphatic carbocycles. The zero-order chi connectivity index (χ0) is 13.1. The second-order valence-corrected chi connectivity index (χ2v) is 4.09. The number of hydrogen-bond acceptors (Lipinski definition) is 4. The Morgan fingerprint density at radius 1 is 1.39 bits per heavy atom. The topological polar surface area (TPSA) is 72.1 Å². The number of rotatable bonds is 2. The van der Waals surface area contributed by atoms with Crippen LogP contribution < -0.4 is 10.6 Å². The first-order valence-corrected chi connectivity index (χ1v) is 5.56. The molecule has 0 atom stereocenters. The molecule has 6 heteroatoms. The highest BCUT2D eigenvalue weighted by atomic mass is 35.5. The third kappa shape index (κ3) is 2.41. The molecule has 1 aromatic heterocycles. The standard InChI is InChI=1S/C12H11ClN4O/c1-17(11-6-8(13)2-3-9(11)14)12(18)10-7-15-4-5-16-10/h2-7H,14H2,1H3. The number of anilines is 2. The molecular weight excluding hydrogens is 252 g/mol. The van der Waals surface area contributed by atoms with Gasteiger partial charge in [0.2, 0.25) is 0 Å². The lowest BCUT2D eigenvalue weighted by molar-refractivity contribution is 0.0988. The van der Waals surface area contributed by atoms with E-state index in [0.29, 0.717) is 16.4 Å². The molecule has 2 aromatic rings. The summed E-state index contributed by atoms with van der Waals surface area (Å²) in [4.78, 5) is 21.3. The van der Waals surface area contributed by atoms with Crippen molar-refractivity contribution >= 4 is 28.9 Å². The van der Waals surface area contributed by atoms with Gasteiger partial charge < -0.3 is 10.6 Å². The predicted molar refractivity (Wildman–Crippen MR) is 70.6 cm³/mol. The fourth-order valence-electron chi connectivity index (χ4n) is 1.50. The summed E-state index contributed by atoms with van der Waals surface area (Å²) < 4.78 is 0. The van der Waals surface area contributed by atoms with E-state index in [1.54, 1.807) is 25.2 Å². The monoisotopic (exact) mass is 262 g/mol. The first-order valence-electron chi connectivity index (χ1n) is 5.18. The average Bonchev–Trinajstić information content (AvgIpc) is 2.41. The van der Waals surface area contributed by atoms with Gasteiger partial charge in [0.15, 0.2) is 0 Å². The highest BCUT2D eigenvalue weighted by Gasteiger charge is 2.17. The molecular formula is C12H11ClN4O.